The number of halogens is 1. The second kappa shape index (κ2) is 7.41. The molecule has 0 amide bonds. The number of rotatable bonds is 6. The highest BCUT2D eigenvalue weighted by atomic mass is 79.9. The Kier molecular flexibility index (Phi) is 5.56. The zero-order valence-corrected chi connectivity index (χ0v) is 13.4. The molecule has 4 heteroatoms. The number of nitrogens with zero attached hydrogens (tertiary/aromatic N) is 1. The first-order valence-electron chi connectivity index (χ1n) is 6.73. The SMILES string of the molecule is CCNCc1nc(C)ccc1OCc1ccc(Br)cc1. The summed E-state index contributed by atoms with van der Waals surface area (Å²) in [4.78, 5) is 4.54. The van der Waals surface area contributed by atoms with E-state index in [1.807, 2.05) is 31.2 Å². The maximum absolute atomic E-state index is 5.90. The molecule has 0 bridgehead atoms. The molecule has 0 aliphatic heterocycles. The summed E-state index contributed by atoms with van der Waals surface area (Å²) >= 11 is 3.43. The number of aromatic nitrogens is 1. The van der Waals surface area contributed by atoms with E-state index < -0.39 is 0 Å². The summed E-state index contributed by atoms with van der Waals surface area (Å²) in [5.74, 6) is 0.847. The molecule has 1 aromatic heterocycles. The van der Waals surface area contributed by atoms with Gasteiger partial charge in [0.05, 0.1) is 5.69 Å². The van der Waals surface area contributed by atoms with Crippen molar-refractivity contribution in [3.8, 4) is 5.75 Å². The lowest BCUT2D eigenvalue weighted by Crippen LogP contribution is -2.14. The van der Waals surface area contributed by atoms with Gasteiger partial charge in [0.1, 0.15) is 12.4 Å². The highest BCUT2D eigenvalue weighted by molar-refractivity contribution is 9.10. The Morgan fingerprint density at radius 2 is 1.90 bits per heavy atom. The highest BCUT2D eigenvalue weighted by Gasteiger charge is 2.06. The molecule has 20 heavy (non-hydrogen) atoms. The molecular weight excluding hydrogens is 316 g/mol. The summed E-state index contributed by atoms with van der Waals surface area (Å²) in [5, 5.41) is 3.29. The number of hydrogen-bond acceptors (Lipinski definition) is 3. The number of aryl methyl sites for hydroxylation is 1. The van der Waals surface area contributed by atoms with E-state index in [2.05, 4.69) is 45.3 Å². The van der Waals surface area contributed by atoms with E-state index in [9.17, 15) is 0 Å². The second-order valence-corrected chi connectivity index (χ2v) is 5.51. The predicted molar refractivity (Wildman–Crippen MR) is 84.8 cm³/mol. The van der Waals surface area contributed by atoms with E-state index >= 15 is 0 Å². The molecular formula is C16H19BrN2O. The third-order valence-corrected chi connectivity index (χ3v) is 3.45. The van der Waals surface area contributed by atoms with Crippen molar-refractivity contribution in [2.24, 2.45) is 0 Å². The molecule has 0 saturated heterocycles. The summed E-state index contributed by atoms with van der Waals surface area (Å²) in [7, 11) is 0. The molecule has 1 N–H and O–H groups in total. The first-order valence-corrected chi connectivity index (χ1v) is 7.53. The van der Waals surface area contributed by atoms with Crippen LogP contribution < -0.4 is 10.1 Å². The van der Waals surface area contributed by atoms with E-state index in [1.165, 1.54) is 0 Å². The molecule has 3 nitrogen and oxygen atoms in total. The van der Waals surface area contributed by atoms with Crippen molar-refractivity contribution < 1.29 is 4.74 Å². The van der Waals surface area contributed by atoms with E-state index in [0.717, 1.165) is 40.3 Å². The molecule has 0 fully saturated rings. The lowest BCUT2D eigenvalue weighted by atomic mass is 10.2. The van der Waals surface area contributed by atoms with Gasteiger partial charge in [-0.05, 0) is 43.3 Å². The zero-order chi connectivity index (χ0) is 14.4. The number of ether oxygens (including phenoxy) is 1. The average molecular weight is 335 g/mol. The summed E-state index contributed by atoms with van der Waals surface area (Å²) in [6.07, 6.45) is 0. The van der Waals surface area contributed by atoms with Crippen LogP contribution in [-0.2, 0) is 13.2 Å². The van der Waals surface area contributed by atoms with E-state index in [1.54, 1.807) is 0 Å². The molecule has 2 aromatic rings. The first kappa shape index (κ1) is 15.0. The molecule has 1 aromatic carbocycles. The van der Waals surface area contributed by atoms with Gasteiger partial charge < -0.3 is 10.1 Å². The fraction of sp³-hybridized carbons (Fsp3) is 0.312. The highest BCUT2D eigenvalue weighted by Crippen LogP contribution is 2.19. The minimum Gasteiger partial charge on any atom is -0.487 e. The van der Waals surface area contributed by atoms with E-state index in [0.29, 0.717) is 6.61 Å². The Hall–Kier alpha value is -1.39. The quantitative estimate of drug-likeness (QED) is 0.871. The minimum absolute atomic E-state index is 0.553. The van der Waals surface area contributed by atoms with Gasteiger partial charge in [-0.1, -0.05) is 35.0 Å². The van der Waals surface area contributed by atoms with Crippen LogP contribution in [0.2, 0.25) is 0 Å². The van der Waals surface area contributed by atoms with Crippen LogP contribution in [0.3, 0.4) is 0 Å². The molecule has 0 aliphatic rings. The Morgan fingerprint density at radius 1 is 1.15 bits per heavy atom. The van der Waals surface area contributed by atoms with Gasteiger partial charge in [0.25, 0.3) is 0 Å². The normalized spacial score (nSPS) is 10.6. The third kappa shape index (κ3) is 4.32. The lowest BCUT2D eigenvalue weighted by Gasteiger charge is -2.12. The van der Waals surface area contributed by atoms with Crippen molar-refractivity contribution >= 4 is 15.9 Å². The largest absolute Gasteiger partial charge is 0.487 e. The molecule has 0 atom stereocenters. The zero-order valence-electron chi connectivity index (χ0n) is 11.8. The van der Waals surface area contributed by atoms with Gasteiger partial charge in [0, 0.05) is 16.7 Å². The van der Waals surface area contributed by atoms with Gasteiger partial charge in [-0.15, -0.1) is 0 Å². The Morgan fingerprint density at radius 3 is 2.60 bits per heavy atom. The van der Waals surface area contributed by atoms with E-state index in [-0.39, 0.29) is 0 Å². The van der Waals surface area contributed by atoms with Gasteiger partial charge in [-0.25, -0.2) is 0 Å². The third-order valence-electron chi connectivity index (χ3n) is 2.92. The molecule has 0 saturated carbocycles. The number of hydrogen-bond donors (Lipinski definition) is 1. The second-order valence-electron chi connectivity index (χ2n) is 4.59. The van der Waals surface area contributed by atoms with E-state index in [4.69, 9.17) is 4.74 Å². The van der Waals surface area contributed by atoms with Crippen molar-refractivity contribution in [3.63, 3.8) is 0 Å². The molecule has 2 rings (SSSR count). The van der Waals surface area contributed by atoms with Crippen molar-refractivity contribution in [1.29, 1.82) is 0 Å². The molecule has 0 radical (unpaired) electrons. The lowest BCUT2D eigenvalue weighted by molar-refractivity contribution is 0.300. The van der Waals surface area contributed by atoms with Crippen molar-refractivity contribution in [3.05, 3.63) is 57.8 Å². The maximum atomic E-state index is 5.90. The molecule has 0 unspecified atom stereocenters. The first-order chi connectivity index (χ1) is 9.69. The van der Waals surface area contributed by atoms with Crippen LogP contribution >= 0.6 is 15.9 Å². The summed E-state index contributed by atoms with van der Waals surface area (Å²) in [5.41, 5.74) is 3.11. The number of nitrogens with one attached hydrogen (secondary N) is 1. The molecule has 0 aliphatic carbocycles. The predicted octanol–water partition coefficient (Wildman–Crippen LogP) is 3.84. The molecule has 1 heterocycles. The van der Waals surface area contributed by atoms with Gasteiger partial charge in [0.15, 0.2) is 0 Å². The molecule has 106 valence electrons. The standard InChI is InChI=1S/C16H19BrN2O/c1-3-18-10-15-16(9-4-12(2)19-15)20-11-13-5-7-14(17)8-6-13/h4-9,18H,3,10-11H2,1-2H3. The van der Waals surface area contributed by atoms with Crippen LogP contribution in [0.1, 0.15) is 23.9 Å². The van der Waals surface area contributed by atoms with Crippen molar-refractivity contribution in [2.45, 2.75) is 27.0 Å². The smallest absolute Gasteiger partial charge is 0.142 e. The Labute approximate surface area is 128 Å². The monoisotopic (exact) mass is 334 g/mol. The van der Waals surface area contributed by atoms with Gasteiger partial charge >= 0.3 is 0 Å². The molecule has 0 spiro atoms. The van der Waals surface area contributed by atoms with Gasteiger partial charge in [-0.2, -0.15) is 0 Å². The van der Waals surface area contributed by atoms with Crippen molar-refractivity contribution in [1.82, 2.24) is 10.3 Å². The summed E-state index contributed by atoms with van der Waals surface area (Å²) in [6.45, 7) is 6.28. The Balaban J connectivity index is 2.06. The van der Waals surface area contributed by atoms with Crippen LogP contribution in [-0.4, -0.2) is 11.5 Å². The summed E-state index contributed by atoms with van der Waals surface area (Å²) < 4.78 is 6.97. The minimum atomic E-state index is 0.553. The number of benzene rings is 1. The van der Waals surface area contributed by atoms with Gasteiger partial charge in [-0.3, -0.25) is 4.98 Å². The fourth-order valence-corrected chi connectivity index (χ4v) is 2.11. The topological polar surface area (TPSA) is 34.2 Å². The fourth-order valence-electron chi connectivity index (χ4n) is 1.84. The maximum Gasteiger partial charge on any atom is 0.142 e. The van der Waals surface area contributed by atoms with Crippen LogP contribution in [0.15, 0.2) is 40.9 Å². The van der Waals surface area contributed by atoms with Crippen molar-refractivity contribution in [2.75, 3.05) is 6.54 Å². The van der Waals surface area contributed by atoms with Crippen LogP contribution in [0.25, 0.3) is 0 Å². The Bertz CT molecular complexity index is 555. The van der Waals surface area contributed by atoms with Crippen LogP contribution in [0.5, 0.6) is 5.75 Å². The number of pyridine rings is 1. The van der Waals surface area contributed by atoms with Crippen LogP contribution in [0.4, 0.5) is 0 Å². The summed E-state index contributed by atoms with van der Waals surface area (Å²) in [6, 6.07) is 12.1. The average Bonchev–Trinajstić information content (AvgIpc) is 2.46. The van der Waals surface area contributed by atoms with Gasteiger partial charge in [0.2, 0.25) is 0 Å². The van der Waals surface area contributed by atoms with Crippen LogP contribution in [0, 0.1) is 6.92 Å².